The second-order valence-electron chi connectivity index (χ2n) is 10.9. The lowest BCUT2D eigenvalue weighted by Crippen LogP contribution is -2.54. The van der Waals surface area contributed by atoms with E-state index >= 15 is 0 Å². The van der Waals surface area contributed by atoms with Gasteiger partial charge >= 0.3 is 0 Å². The zero-order valence-electron chi connectivity index (χ0n) is 22.9. The molecule has 4 rings (SSSR count). The Labute approximate surface area is 222 Å². The molecule has 9 nitrogen and oxygen atoms in total. The fourth-order valence-electron chi connectivity index (χ4n) is 6.19. The molecular weight excluding hydrogens is 492 g/mol. The highest BCUT2D eigenvalue weighted by molar-refractivity contribution is 7.92. The Morgan fingerprint density at radius 2 is 1.68 bits per heavy atom. The third-order valence-electron chi connectivity index (χ3n) is 8.32. The van der Waals surface area contributed by atoms with E-state index < -0.39 is 15.1 Å². The number of amides is 1. The van der Waals surface area contributed by atoms with Crippen LogP contribution in [0.2, 0.25) is 0 Å². The quantitative estimate of drug-likeness (QED) is 0.532. The summed E-state index contributed by atoms with van der Waals surface area (Å²) in [5, 5.41) is 2.76. The first-order valence-corrected chi connectivity index (χ1v) is 15.1. The molecule has 37 heavy (non-hydrogen) atoms. The fraction of sp³-hybridized carbons (Fsp3) is 0.741. The summed E-state index contributed by atoms with van der Waals surface area (Å²) in [5.74, 6) is 0.437. The molecule has 0 radical (unpaired) electrons. The summed E-state index contributed by atoms with van der Waals surface area (Å²) in [6, 6.07) is 4.18. The standard InChI is InChI=1S/C27H44N4O5S/c1-20-15-24(35-4)16-21(2)27(20)37(33,34)25-5-8-28-17-22(25)18-36-19-26(32)31-13-11-30(12-14-31)23-6-9-29(3)10-7-23/h15-16,22-23,25,28H,5-14,17-19H2,1-4H3. The lowest BCUT2D eigenvalue weighted by atomic mass is 10.00. The first-order valence-electron chi connectivity index (χ1n) is 13.6. The van der Waals surface area contributed by atoms with Crippen LogP contribution in [0.15, 0.2) is 17.0 Å². The van der Waals surface area contributed by atoms with E-state index in [9.17, 15) is 13.2 Å². The number of hydrogen-bond acceptors (Lipinski definition) is 8. The van der Waals surface area contributed by atoms with Gasteiger partial charge < -0.3 is 24.6 Å². The van der Waals surface area contributed by atoms with Crippen LogP contribution in [0.4, 0.5) is 0 Å². The summed E-state index contributed by atoms with van der Waals surface area (Å²) in [6.45, 7) is 10.6. The predicted octanol–water partition coefficient (Wildman–Crippen LogP) is 1.32. The molecule has 3 fully saturated rings. The van der Waals surface area contributed by atoms with Gasteiger partial charge in [0, 0.05) is 44.7 Å². The minimum Gasteiger partial charge on any atom is -0.497 e. The predicted molar refractivity (Wildman–Crippen MR) is 144 cm³/mol. The van der Waals surface area contributed by atoms with Gasteiger partial charge in [0.05, 0.1) is 23.9 Å². The molecular formula is C27H44N4O5S. The van der Waals surface area contributed by atoms with Crippen LogP contribution in [0, 0.1) is 19.8 Å². The topological polar surface area (TPSA) is 91.4 Å². The summed E-state index contributed by atoms with van der Waals surface area (Å²) in [4.78, 5) is 20.0. The molecule has 0 aromatic heterocycles. The summed E-state index contributed by atoms with van der Waals surface area (Å²) in [7, 11) is 0.190. The zero-order valence-corrected chi connectivity index (χ0v) is 23.7. The highest BCUT2D eigenvalue weighted by Crippen LogP contribution is 2.33. The number of sulfone groups is 1. The Hall–Kier alpha value is -1.72. The Morgan fingerprint density at radius 3 is 2.30 bits per heavy atom. The van der Waals surface area contributed by atoms with Crippen molar-refractivity contribution in [2.45, 2.75) is 49.3 Å². The molecule has 1 aromatic rings. The number of aryl methyl sites for hydroxylation is 2. The summed E-state index contributed by atoms with van der Waals surface area (Å²) in [6.07, 6.45) is 2.92. The van der Waals surface area contributed by atoms with Crippen molar-refractivity contribution in [1.82, 2.24) is 20.0 Å². The number of benzene rings is 1. The third kappa shape index (κ3) is 6.65. The minimum atomic E-state index is -3.57. The molecule has 0 saturated carbocycles. The molecule has 0 bridgehead atoms. The Morgan fingerprint density at radius 1 is 1.03 bits per heavy atom. The van der Waals surface area contributed by atoms with Crippen molar-refractivity contribution >= 4 is 15.7 Å². The lowest BCUT2D eigenvalue weighted by Gasteiger charge is -2.42. The molecule has 2 atom stereocenters. The van der Waals surface area contributed by atoms with Gasteiger partial charge in [0.15, 0.2) is 9.84 Å². The molecule has 0 spiro atoms. The number of piperazine rings is 1. The van der Waals surface area contributed by atoms with Crippen LogP contribution in [-0.4, -0.2) is 120 Å². The van der Waals surface area contributed by atoms with Gasteiger partial charge in [-0.15, -0.1) is 0 Å². The van der Waals surface area contributed by atoms with Crippen LogP contribution in [0.5, 0.6) is 5.75 Å². The van der Waals surface area contributed by atoms with Crippen molar-refractivity contribution in [3.63, 3.8) is 0 Å². The highest BCUT2D eigenvalue weighted by atomic mass is 32.2. The molecule has 10 heteroatoms. The molecule has 2 unspecified atom stereocenters. The van der Waals surface area contributed by atoms with Crippen molar-refractivity contribution in [3.8, 4) is 5.75 Å². The maximum atomic E-state index is 13.8. The Kier molecular flexibility index (Phi) is 9.50. The second-order valence-corrected chi connectivity index (χ2v) is 13.0. The van der Waals surface area contributed by atoms with Crippen LogP contribution < -0.4 is 10.1 Å². The van der Waals surface area contributed by atoms with Crippen LogP contribution in [0.1, 0.15) is 30.4 Å². The molecule has 1 N–H and O–H groups in total. The van der Waals surface area contributed by atoms with E-state index in [2.05, 4.69) is 22.2 Å². The van der Waals surface area contributed by atoms with Gasteiger partial charge in [0.25, 0.3) is 0 Å². The lowest BCUT2D eigenvalue weighted by molar-refractivity contribution is -0.138. The fourth-order valence-corrected chi connectivity index (χ4v) is 8.62. The van der Waals surface area contributed by atoms with E-state index in [1.54, 1.807) is 19.2 Å². The number of piperidine rings is 2. The largest absolute Gasteiger partial charge is 0.497 e. The third-order valence-corrected chi connectivity index (χ3v) is 11.0. The monoisotopic (exact) mass is 536 g/mol. The number of carbonyl (C=O) groups is 1. The molecule has 3 aliphatic heterocycles. The molecule has 0 aliphatic carbocycles. The number of carbonyl (C=O) groups excluding carboxylic acids is 1. The number of ether oxygens (including phenoxy) is 2. The number of nitrogens with zero attached hydrogens (tertiary/aromatic N) is 3. The van der Waals surface area contributed by atoms with E-state index in [-0.39, 0.29) is 25.0 Å². The first-order chi connectivity index (χ1) is 17.7. The molecule has 1 aromatic carbocycles. The number of methoxy groups -OCH3 is 1. The normalized spacial score (nSPS) is 24.8. The van der Waals surface area contributed by atoms with Gasteiger partial charge in [-0.3, -0.25) is 9.69 Å². The van der Waals surface area contributed by atoms with Gasteiger partial charge in [0.1, 0.15) is 12.4 Å². The van der Waals surface area contributed by atoms with Gasteiger partial charge in [-0.2, -0.15) is 0 Å². The van der Waals surface area contributed by atoms with Gasteiger partial charge in [0.2, 0.25) is 5.91 Å². The van der Waals surface area contributed by atoms with Crippen LogP contribution in [-0.2, 0) is 19.4 Å². The highest BCUT2D eigenvalue weighted by Gasteiger charge is 2.38. The van der Waals surface area contributed by atoms with E-state index in [0.29, 0.717) is 47.3 Å². The Balaban J connectivity index is 1.30. The SMILES string of the molecule is COc1cc(C)c(S(=O)(=O)C2CCNCC2COCC(=O)N2CCN(C3CCN(C)CC3)CC2)c(C)c1. The van der Waals surface area contributed by atoms with Crippen molar-refractivity contribution in [1.29, 1.82) is 0 Å². The minimum absolute atomic E-state index is 0.00190. The average Bonchev–Trinajstić information content (AvgIpc) is 2.88. The maximum absolute atomic E-state index is 13.8. The summed E-state index contributed by atoms with van der Waals surface area (Å²) >= 11 is 0. The van der Waals surface area contributed by atoms with Crippen molar-refractivity contribution in [2.75, 3.05) is 79.7 Å². The molecule has 3 aliphatic rings. The van der Waals surface area contributed by atoms with Crippen LogP contribution >= 0.6 is 0 Å². The van der Waals surface area contributed by atoms with Crippen LogP contribution in [0.25, 0.3) is 0 Å². The second kappa shape index (κ2) is 12.4. The van der Waals surface area contributed by atoms with Crippen LogP contribution in [0.3, 0.4) is 0 Å². The molecule has 3 heterocycles. The van der Waals surface area contributed by atoms with Crippen molar-refractivity contribution in [2.24, 2.45) is 5.92 Å². The number of hydrogen-bond donors (Lipinski definition) is 1. The number of rotatable bonds is 8. The molecule has 3 saturated heterocycles. The van der Waals surface area contributed by atoms with Gasteiger partial charge in [-0.05, 0) is 83.1 Å². The molecule has 208 valence electrons. The van der Waals surface area contributed by atoms with Gasteiger partial charge in [-0.1, -0.05) is 0 Å². The number of nitrogens with one attached hydrogen (secondary N) is 1. The maximum Gasteiger partial charge on any atom is 0.248 e. The van der Waals surface area contributed by atoms with Crippen molar-refractivity contribution in [3.05, 3.63) is 23.3 Å². The van der Waals surface area contributed by atoms with E-state index in [1.807, 2.05) is 18.7 Å². The van der Waals surface area contributed by atoms with E-state index in [4.69, 9.17) is 9.47 Å². The zero-order chi connectivity index (χ0) is 26.6. The number of likely N-dealkylation sites (tertiary alicyclic amines) is 1. The van der Waals surface area contributed by atoms with E-state index in [0.717, 1.165) is 39.3 Å². The smallest absolute Gasteiger partial charge is 0.248 e. The average molecular weight is 537 g/mol. The van der Waals surface area contributed by atoms with Crippen molar-refractivity contribution < 1.29 is 22.7 Å². The van der Waals surface area contributed by atoms with Gasteiger partial charge in [-0.25, -0.2) is 8.42 Å². The summed E-state index contributed by atoms with van der Waals surface area (Å²) < 4.78 is 38.7. The Bertz CT molecular complexity index is 1010. The summed E-state index contributed by atoms with van der Waals surface area (Å²) in [5.41, 5.74) is 1.40. The van der Waals surface area contributed by atoms with E-state index in [1.165, 1.54) is 12.8 Å². The molecule has 1 amide bonds. The first kappa shape index (κ1) is 28.3.